The number of amidine groups is 1. The Balaban J connectivity index is 2.13. The number of esters is 1. The van der Waals surface area contributed by atoms with E-state index >= 15 is 0 Å². The first-order valence-electron chi connectivity index (χ1n) is 10.9. The van der Waals surface area contributed by atoms with Crippen LogP contribution in [0.25, 0.3) is 0 Å². The Morgan fingerprint density at radius 1 is 1.43 bits per heavy atom. The van der Waals surface area contributed by atoms with E-state index in [1.165, 1.54) is 12.1 Å². The number of aliphatic hydroxyl groups is 2. The van der Waals surface area contributed by atoms with Crippen LogP contribution >= 0.6 is 0 Å². The van der Waals surface area contributed by atoms with E-state index < -0.39 is 54.2 Å². The number of carbonyl (C=O) groups is 2. The third kappa shape index (κ3) is 6.36. The molecule has 0 spiro atoms. The summed E-state index contributed by atoms with van der Waals surface area (Å²) in [5.41, 5.74) is 3.32. The van der Waals surface area contributed by atoms with Gasteiger partial charge < -0.3 is 40.5 Å². The molecule has 35 heavy (non-hydrogen) atoms. The number of hydrogen-bond donors (Lipinski definition) is 6. The van der Waals surface area contributed by atoms with E-state index in [0.717, 1.165) is 6.34 Å². The SMILES string of the molecule is CC(C)[C@H](NC(=O)OC(C)(C)C)C(=O)OC[C@H]1O[C@@](C#N)(c2ccc(C(N)=NC=N)[nH]2)[C@H](O)[C@@H]1O. The second-order valence-electron chi connectivity index (χ2n) is 9.37. The molecule has 2 heterocycles. The zero-order chi connectivity index (χ0) is 26.6. The number of carbonyl (C=O) groups excluding carboxylic acids is 2. The smallest absolute Gasteiger partial charge is 0.408 e. The first kappa shape index (κ1) is 27.8. The summed E-state index contributed by atoms with van der Waals surface area (Å²) in [6.07, 6.45) is -4.56. The Bertz CT molecular complexity index is 1010. The number of aliphatic imine (C=N–C) groups is 1. The molecule has 2 rings (SSSR count). The second kappa shape index (κ2) is 10.9. The summed E-state index contributed by atoms with van der Waals surface area (Å²) in [5.74, 6) is -1.18. The van der Waals surface area contributed by atoms with Gasteiger partial charge in [0.15, 0.2) is 0 Å². The molecule has 0 radical (unpaired) electrons. The van der Waals surface area contributed by atoms with Gasteiger partial charge in [0.05, 0.1) is 11.4 Å². The fourth-order valence-electron chi connectivity index (χ4n) is 3.42. The summed E-state index contributed by atoms with van der Waals surface area (Å²) < 4.78 is 16.1. The molecule has 1 aromatic rings. The van der Waals surface area contributed by atoms with Crippen LogP contribution in [0.4, 0.5) is 4.79 Å². The largest absolute Gasteiger partial charge is 0.461 e. The van der Waals surface area contributed by atoms with Crippen molar-refractivity contribution >= 4 is 24.2 Å². The number of aromatic nitrogens is 1. The van der Waals surface area contributed by atoms with Crippen molar-refractivity contribution < 1.29 is 34.0 Å². The van der Waals surface area contributed by atoms with Crippen LogP contribution in [0.2, 0.25) is 0 Å². The van der Waals surface area contributed by atoms with E-state index in [-0.39, 0.29) is 23.1 Å². The van der Waals surface area contributed by atoms with Gasteiger partial charge in [0, 0.05) is 0 Å². The Morgan fingerprint density at radius 2 is 2.09 bits per heavy atom. The van der Waals surface area contributed by atoms with Gasteiger partial charge in [-0.3, -0.25) is 5.41 Å². The Morgan fingerprint density at radius 3 is 2.63 bits per heavy atom. The highest BCUT2D eigenvalue weighted by Crippen LogP contribution is 2.39. The Hall–Kier alpha value is -3.47. The van der Waals surface area contributed by atoms with Gasteiger partial charge in [0.25, 0.3) is 0 Å². The molecule has 5 atom stereocenters. The van der Waals surface area contributed by atoms with Gasteiger partial charge in [-0.05, 0) is 38.8 Å². The number of hydrogen-bond acceptors (Lipinski definition) is 9. The molecule has 13 heteroatoms. The van der Waals surface area contributed by atoms with Crippen molar-refractivity contribution in [1.29, 1.82) is 10.7 Å². The van der Waals surface area contributed by atoms with Gasteiger partial charge in [-0.2, -0.15) is 5.26 Å². The molecule has 1 fully saturated rings. The first-order valence-corrected chi connectivity index (χ1v) is 10.9. The van der Waals surface area contributed by atoms with E-state index in [1.807, 2.05) is 6.07 Å². The Labute approximate surface area is 202 Å². The molecule has 7 N–H and O–H groups in total. The minimum absolute atomic E-state index is 0.0323. The highest BCUT2D eigenvalue weighted by atomic mass is 16.6. The number of aliphatic hydroxyl groups excluding tert-OH is 2. The van der Waals surface area contributed by atoms with Crippen molar-refractivity contribution in [3.8, 4) is 6.07 Å². The van der Waals surface area contributed by atoms with Gasteiger partial charge >= 0.3 is 12.1 Å². The summed E-state index contributed by atoms with van der Waals surface area (Å²) in [4.78, 5) is 31.2. The fraction of sp³-hybridized carbons (Fsp3) is 0.591. The van der Waals surface area contributed by atoms with E-state index in [4.69, 9.17) is 25.4 Å². The molecular weight excluding hydrogens is 460 g/mol. The van der Waals surface area contributed by atoms with Gasteiger partial charge in [-0.1, -0.05) is 13.8 Å². The minimum Gasteiger partial charge on any atom is -0.461 e. The van der Waals surface area contributed by atoms with E-state index in [0.29, 0.717) is 0 Å². The summed E-state index contributed by atoms with van der Waals surface area (Å²) >= 11 is 0. The van der Waals surface area contributed by atoms with Crippen molar-refractivity contribution in [1.82, 2.24) is 10.3 Å². The summed E-state index contributed by atoms with van der Waals surface area (Å²) in [7, 11) is 0. The number of alkyl carbamates (subject to hydrolysis) is 1. The normalized spacial score (nSPS) is 25.6. The highest BCUT2D eigenvalue weighted by Gasteiger charge is 2.57. The molecule has 1 aromatic heterocycles. The lowest BCUT2D eigenvalue weighted by Crippen LogP contribution is -2.48. The van der Waals surface area contributed by atoms with Gasteiger partial charge in [-0.15, -0.1) is 0 Å². The van der Waals surface area contributed by atoms with Crippen LogP contribution in [-0.4, -0.2) is 76.0 Å². The lowest BCUT2D eigenvalue weighted by atomic mass is 9.93. The molecule has 0 aromatic carbocycles. The average Bonchev–Trinajstić information content (AvgIpc) is 3.34. The Kier molecular flexibility index (Phi) is 8.61. The van der Waals surface area contributed by atoms with E-state index in [2.05, 4.69) is 15.3 Å². The number of nitriles is 1. The molecule has 0 unspecified atom stereocenters. The summed E-state index contributed by atoms with van der Waals surface area (Å²) in [5, 5.41) is 40.4. The number of aromatic amines is 1. The topological polar surface area (TPSA) is 216 Å². The van der Waals surface area contributed by atoms with Crippen LogP contribution in [0.5, 0.6) is 0 Å². The molecule has 192 valence electrons. The lowest BCUT2D eigenvalue weighted by Gasteiger charge is -2.25. The minimum atomic E-state index is -2.01. The van der Waals surface area contributed by atoms with Gasteiger partial charge in [-0.25, -0.2) is 14.6 Å². The number of rotatable bonds is 8. The third-order valence-corrected chi connectivity index (χ3v) is 5.17. The van der Waals surface area contributed by atoms with Crippen LogP contribution in [0.3, 0.4) is 0 Å². The zero-order valence-electron chi connectivity index (χ0n) is 20.2. The van der Waals surface area contributed by atoms with Crippen LogP contribution < -0.4 is 11.1 Å². The molecule has 13 nitrogen and oxygen atoms in total. The monoisotopic (exact) mass is 492 g/mol. The molecule has 0 aliphatic carbocycles. The quantitative estimate of drug-likeness (QED) is 0.166. The number of nitrogens with one attached hydrogen (secondary N) is 3. The maximum absolute atomic E-state index is 12.7. The second-order valence-corrected chi connectivity index (χ2v) is 9.37. The number of amides is 1. The maximum Gasteiger partial charge on any atom is 0.408 e. The molecule has 0 saturated carbocycles. The molecule has 1 aliphatic heterocycles. The number of H-pyrrole nitrogens is 1. The molecule has 0 bridgehead atoms. The van der Waals surface area contributed by atoms with E-state index in [1.54, 1.807) is 34.6 Å². The standard InChI is InChI=1S/C22H32N6O7/c1-11(2)15(28-20(32)35-21(3,4)5)19(31)33-8-13-16(29)17(30)22(9-23,34-13)14-7-6-12(27-14)18(25)26-10-24/h6-7,10-11,13,15-17,27,29-30H,8H2,1-5H3,(H,28,32)(H3,24,25,26)/t13-,15+,16-,17-,22+/m1/s1. The van der Waals surface area contributed by atoms with Crippen molar-refractivity contribution in [2.45, 2.75) is 70.2 Å². The molecule has 1 saturated heterocycles. The number of nitrogens with two attached hydrogens (primary N) is 1. The molecule has 1 aliphatic rings. The van der Waals surface area contributed by atoms with E-state index in [9.17, 15) is 25.1 Å². The molecular formula is C22H32N6O7. The van der Waals surface area contributed by atoms with Crippen LogP contribution in [-0.2, 0) is 24.6 Å². The van der Waals surface area contributed by atoms with Crippen molar-refractivity contribution in [3.05, 3.63) is 23.5 Å². The summed E-state index contributed by atoms with van der Waals surface area (Å²) in [6, 6.07) is 3.72. The van der Waals surface area contributed by atoms with Gasteiger partial charge in [0.1, 0.15) is 54.8 Å². The van der Waals surface area contributed by atoms with Crippen LogP contribution in [0.1, 0.15) is 46.0 Å². The van der Waals surface area contributed by atoms with Crippen LogP contribution in [0.15, 0.2) is 17.1 Å². The fourth-order valence-corrected chi connectivity index (χ4v) is 3.42. The van der Waals surface area contributed by atoms with Crippen molar-refractivity contribution in [3.63, 3.8) is 0 Å². The van der Waals surface area contributed by atoms with Gasteiger partial charge in [0.2, 0.25) is 5.60 Å². The lowest BCUT2D eigenvalue weighted by molar-refractivity contribution is -0.154. The van der Waals surface area contributed by atoms with Crippen LogP contribution in [0, 0.1) is 22.7 Å². The highest BCUT2D eigenvalue weighted by molar-refractivity contribution is 5.99. The number of nitrogens with zero attached hydrogens (tertiary/aromatic N) is 2. The zero-order valence-corrected chi connectivity index (χ0v) is 20.2. The predicted molar refractivity (Wildman–Crippen MR) is 123 cm³/mol. The predicted octanol–water partition coefficient (Wildman–Crippen LogP) is 0.259. The van der Waals surface area contributed by atoms with Crippen molar-refractivity contribution in [2.24, 2.45) is 16.6 Å². The average molecular weight is 493 g/mol. The molecule has 1 amide bonds. The summed E-state index contributed by atoms with van der Waals surface area (Å²) in [6.45, 7) is 7.95. The first-order chi connectivity index (χ1) is 16.3. The van der Waals surface area contributed by atoms with Crippen molar-refractivity contribution in [2.75, 3.05) is 6.61 Å². The maximum atomic E-state index is 12.7. The number of ether oxygens (including phenoxy) is 3. The third-order valence-electron chi connectivity index (χ3n) is 5.17.